The first-order valence-corrected chi connectivity index (χ1v) is 38.4. The van der Waals surface area contributed by atoms with Gasteiger partial charge in [-0.05, 0) is 51.4 Å². The summed E-state index contributed by atoms with van der Waals surface area (Å²) in [5.74, 6) is -0.00972. The van der Waals surface area contributed by atoms with E-state index in [0.29, 0.717) is 25.9 Å². The summed E-state index contributed by atoms with van der Waals surface area (Å²) in [5.41, 5.74) is 0. The van der Waals surface area contributed by atoms with Gasteiger partial charge in [-0.15, -0.1) is 0 Å². The van der Waals surface area contributed by atoms with Gasteiger partial charge in [-0.2, -0.15) is 0 Å². The third-order valence-electron chi connectivity index (χ3n) is 18.3. The van der Waals surface area contributed by atoms with E-state index in [1.165, 1.54) is 366 Å². The molecule has 0 rings (SSSR count). The second kappa shape index (κ2) is 73.1. The van der Waals surface area contributed by atoms with Crippen LogP contribution in [0.3, 0.4) is 0 Å². The predicted molar refractivity (Wildman–Crippen MR) is 366 cm³/mol. The van der Waals surface area contributed by atoms with Crippen LogP contribution in [0, 0.1) is 0 Å². The third-order valence-corrected chi connectivity index (χ3v) is 18.3. The Morgan fingerprint density at radius 1 is 0.325 bits per heavy atom. The zero-order chi connectivity index (χ0) is 59.9. The van der Waals surface area contributed by atoms with Crippen LogP contribution in [0.4, 0.5) is 0 Å². The smallest absolute Gasteiger partial charge is 0.305 e. The molecule has 494 valence electrons. The number of unbranched alkanes of at least 4 members (excludes halogenated alkanes) is 60. The number of carbonyl (C=O) groups is 2. The van der Waals surface area contributed by atoms with Crippen LogP contribution in [0.5, 0.6) is 0 Å². The molecule has 0 aromatic carbocycles. The molecule has 0 bridgehead atoms. The molecule has 2 unspecified atom stereocenters. The molecule has 0 fully saturated rings. The number of allylic oxidation sites excluding steroid dienone is 2. The number of aliphatic hydroxyl groups excluding tert-OH is 2. The van der Waals surface area contributed by atoms with Crippen molar-refractivity contribution in [2.45, 2.75) is 456 Å². The molecule has 0 aliphatic heterocycles. The van der Waals surface area contributed by atoms with Gasteiger partial charge in [0, 0.05) is 12.8 Å². The summed E-state index contributed by atoms with van der Waals surface area (Å²) in [5, 5.41) is 23.4. The van der Waals surface area contributed by atoms with Crippen molar-refractivity contribution in [2.24, 2.45) is 0 Å². The summed E-state index contributed by atoms with van der Waals surface area (Å²) in [6.07, 6.45) is 91.6. The average Bonchev–Trinajstić information content (AvgIpc) is 3.49. The van der Waals surface area contributed by atoms with Crippen LogP contribution in [0.25, 0.3) is 0 Å². The number of hydrogen-bond acceptors (Lipinski definition) is 5. The minimum absolute atomic E-state index is 0.0157. The Morgan fingerprint density at radius 3 is 0.855 bits per heavy atom. The number of hydrogen-bond donors (Lipinski definition) is 3. The van der Waals surface area contributed by atoms with Crippen LogP contribution in [0.2, 0.25) is 0 Å². The fourth-order valence-corrected chi connectivity index (χ4v) is 12.5. The number of carbonyl (C=O) groups excluding carboxylic acids is 2. The van der Waals surface area contributed by atoms with Crippen LogP contribution < -0.4 is 5.32 Å². The summed E-state index contributed by atoms with van der Waals surface area (Å²) in [6, 6.07) is -0.536. The van der Waals surface area contributed by atoms with Crippen molar-refractivity contribution in [1.82, 2.24) is 5.32 Å². The molecule has 0 aliphatic carbocycles. The van der Waals surface area contributed by atoms with Crippen molar-refractivity contribution in [2.75, 3.05) is 13.2 Å². The molecule has 0 saturated heterocycles. The van der Waals surface area contributed by atoms with Crippen molar-refractivity contribution in [3.8, 4) is 0 Å². The summed E-state index contributed by atoms with van der Waals surface area (Å²) >= 11 is 0. The van der Waals surface area contributed by atoms with Gasteiger partial charge in [0.25, 0.3) is 0 Å². The van der Waals surface area contributed by atoms with Gasteiger partial charge in [-0.1, -0.05) is 392 Å². The molecule has 1 amide bonds. The second-order valence-corrected chi connectivity index (χ2v) is 26.7. The van der Waals surface area contributed by atoms with Crippen LogP contribution in [-0.4, -0.2) is 47.4 Å². The first-order valence-electron chi connectivity index (χ1n) is 38.4. The summed E-state index contributed by atoms with van der Waals surface area (Å²) < 4.78 is 5.49. The predicted octanol–water partition coefficient (Wildman–Crippen LogP) is 25.1. The van der Waals surface area contributed by atoms with E-state index in [1.807, 2.05) is 0 Å². The van der Waals surface area contributed by atoms with E-state index < -0.39 is 12.1 Å². The first kappa shape index (κ1) is 81.6. The molecule has 0 spiro atoms. The monoisotopic (exact) mass is 1170 g/mol. The Hall–Kier alpha value is -1.40. The maximum Gasteiger partial charge on any atom is 0.305 e. The van der Waals surface area contributed by atoms with E-state index in [4.69, 9.17) is 4.74 Å². The lowest BCUT2D eigenvalue weighted by Gasteiger charge is -2.22. The molecule has 83 heavy (non-hydrogen) atoms. The Labute approximate surface area is 520 Å². The molecule has 0 aromatic rings. The van der Waals surface area contributed by atoms with Crippen molar-refractivity contribution >= 4 is 11.9 Å². The molecule has 6 nitrogen and oxygen atoms in total. The lowest BCUT2D eigenvalue weighted by atomic mass is 10.0. The number of aliphatic hydroxyl groups is 2. The lowest BCUT2D eigenvalue weighted by Crippen LogP contribution is -2.45. The quantitative estimate of drug-likeness (QED) is 0.0320. The van der Waals surface area contributed by atoms with Gasteiger partial charge in [-0.25, -0.2) is 0 Å². The van der Waals surface area contributed by atoms with Crippen LogP contribution >= 0.6 is 0 Å². The maximum atomic E-state index is 12.5. The first-order chi connectivity index (χ1) is 41.0. The van der Waals surface area contributed by atoms with Crippen LogP contribution in [0.1, 0.15) is 444 Å². The highest BCUT2D eigenvalue weighted by Gasteiger charge is 2.20. The fourth-order valence-electron chi connectivity index (χ4n) is 12.5. The number of rotatable bonds is 73. The number of esters is 1. The normalized spacial score (nSPS) is 12.5. The molecule has 2 atom stereocenters. The topological polar surface area (TPSA) is 95.9 Å². The van der Waals surface area contributed by atoms with Gasteiger partial charge in [0.2, 0.25) is 5.91 Å². The standard InChI is InChI=1S/C77H151NO5/c1-3-5-7-9-11-13-15-17-42-45-49-53-57-61-65-69-75(80)74(73-79)78-76(81)70-66-62-58-54-50-46-43-40-38-36-34-32-30-28-26-24-22-20-19-21-23-25-27-29-31-33-35-37-39-41-44-48-52-56-60-64-68-72-83-77(82)71-67-63-59-55-51-47-18-16-14-12-10-8-6-4-2/h16,18,74-75,79-80H,3-15,17,19-73H2,1-2H3,(H,78,81)/b18-16-. The van der Waals surface area contributed by atoms with Gasteiger partial charge >= 0.3 is 5.97 Å². The molecule has 3 N–H and O–H groups in total. The summed E-state index contributed by atoms with van der Waals surface area (Å²) in [6.45, 7) is 4.99. The highest BCUT2D eigenvalue weighted by atomic mass is 16.5. The van der Waals surface area contributed by atoms with E-state index in [0.717, 1.165) is 44.9 Å². The van der Waals surface area contributed by atoms with Crippen molar-refractivity contribution in [3.05, 3.63) is 12.2 Å². The van der Waals surface area contributed by atoms with Gasteiger partial charge < -0.3 is 20.3 Å². The Kier molecular flexibility index (Phi) is 71.8. The van der Waals surface area contributed by atoms with E-state index in [1.54, 1.807) is 0 Å². The highest BCUT2D eigenvalue weighted by molar-refractivity contribution is 5.76. The average molecular weight is 1170 g/mol. The minimum atomic E-state index is -0.659. The molecule has 0 heterocycles. The van der Waals surface area contributed by atoms with Gasteiger partial charge in [0.1, 0.15) is 0 Å². The summed E-state index contributed by atoms with van der Waals surface area (Å²) in [7, 11) is 0. The van der Waals surface area contributed by atoms with Crippen LogP contribution in [0.15, 0.2) is 12.2 Å². The number of nitrogens with one attached hydrogen (secondary N) is 1. The SMILES string of the molecule is CCCCCCC/C=C\CCCCCCCC(=O)OCCCCCCCCCCCCCCCCCCCCCCCCCCCCCCCCCCCCCCCC(=O)NC(CO)C(O)CCCCCCCCCCCCCCCCC. The molecule has 6 heteroatoms. The molecular weight excluding hydrogens is 1020 g/mol. The molecule has 0 aliphatic rings. The Morgan fingerprint density at radius 2 is 0.566 bits per heavy atom. The maximum absolute atomic E-state index is 12.5. The van der Waals surface area contributed by atoms with Crippen molar-refractivity contribution in [1.29, 1.82) is 0 Å². The van der Waals surface area contributed by atoms with Gasteiger partial charge in [-0.3, -0.25) is 9.59 Å². The number of amides is 1. The van der Waals surface area contributed by atoms with E-state index in [9.17, 15) is 19.8 Å². The molecule has 0 radical (unpaired) electrons. The second-order valence-electron chi connectivity index (χ2n) is 26.7. The third kappa shape index (κ3) is 69.6. The lowest BCUT2D eigenvalue weighted by molar-refractivity contribution is -0.143. The van der Waals surface area contributed by atoms with Crippen molar-refractivity contribution in [3.63, 3.8) is 0 Å². The largest absolute Gasteiger partial charge is 0.466 e. The zero-order valence-corrected chi connectivity index (χ0v) is 56.7. The van der Waals surface area contributed by atoms with E-state index >= 15 is 0 Å². The molecule has 0 saturated carbocycles. The Bertz CT molecular complexity index is 1260. The Balaban J connectivity index is 3.29. The highest BCUT2D eigenvalue weighted by Crippen LogP contribution is 2.20. The van der Waals surface area contributed by atoms with Crippen molar-refractivity contribution < 1.29 is 24.5 Å². The van der Waals surface area contributed by atoms with E-state index in [2.05, 4.69) is 31.3 Å². The molecule has 0 aromatic heterocycles. The summed E-state index contributed by atoms with van der Waals surface area (Å²) in [4.78, 5) is 24.6. The fraction of sp³-hybridized carbons (Fsp3) is 0.948. The number of ether oxygens (including phenoxy) is 1. The molecular formula is C77H151NO5. The van der Waals surface area contributed by atoms with Crippen LogP contribution in [-0.2, 0) is 14.3 Å². The van der Waals surface area contributed by atoms with Gasteiger partial charge in [0.15, 0.2) is 0 Å². The van der Waals surface area contributed by atoms with Gasteiger partial charge in [0.05, 0.1) is 25.4 Å². The minimum Gasteiger partial charge on any atom is -0.466 e. The van der Waals surface area contributed by atoms with E-state index in [-0.39, 0.29) is 18.5 Å². The zero-order valence-electron chi connectivity index (χ0n) is 56.7.